The van der Waals surface area contributed by atoms with Crippen LogP contribution in [0.25, 0.3) is 0 Å². The topological polar surface area (TPSA) is 36.3 Å². The summed E-state index contributed by atoms with van der Waals surface area (Å²) in [6.45, 7) is 0.608. The summed E-state index contributed by atoms with van der Waals surface area (Å²) in [7, 11) is 1.73. The molecule has 0 bridgehead atoms. The van der Waals surface area contributed by atoms with Crippen LogP contribution >= 0.6 is 0 Å². The Morgan fingerprint density at radius 1 is 1.40 bits per heavy atom. The van der Waals surface area contributed by atoms with E-state index in [4.69, 9.17) is 9.69 Å². The van der Waals surface area contributed by atoms with Crippen LogP contribution in [0.2, 0.25) is 0 Å². The van der Waals surface area contributed by atoms with Crippen LogP contribution in [0.15, 0.2) is 12.4 Å². The molecule has 0 N–H and O–H groups in total. The Hall–Kier alpha value is -0.805. The first-order valence-corrected chi connectivity index (χ1v) is 5.59. The predicted octanol–water partition coefficient (Wildman–Crippen LogP) is 1.62. The van der Waals surface area contributed by atoms with Gasteiger partial charge in [-0.1, -0.05) is 12.8 Å². The summed E-state index contributed by atoms with van der Waals surface area (Å²) in [6, 6.07) is 0.613. The molecule has 1 saturated carbocycles. The van der Waals surface area contributed by atoms with E-state index in [-0.39, 0.29) is 5.82 Å². The van der Waals surface area contributed by atoms with Gasteiger partial charge < -0.3 is 4.81 Å². The quantitative estimate of drug-likeness (QED) is 0.543. The fraction of sp³-hybridized carbons (Fsp3) is 0.700. The maximum atomic E-state index is 4.85. The molecule has 1 saturated heterocycles. The number of hydrogen-bond donors (Lipinski definition) is 0. The van der Waals surface area contributed by atoms with Gasteiger partial charge in [-0.3, -0.25) is 9.57 Å². The van der Waals surface area contributed by atoms with Crippen molar-refractivity contribution in [1.82, 2.24) is 9.78 Å². The van der Waals surface area contributed by atoms with Crippen LogP contribution < -0.4 is 0 Å². The monoisotopic (exact) mass is 205 g/mol. The fourth-order valence-corrected chi connectivity index (χ4v) is 2.35. The lowest BCUT2D eigenvalue weighted by Gasteiger charge is -2.08. The molecule has 2 heterocycles. The second-order valence-electron chi connectivity index (χ2n) is 4.32. The van der Waals surface area contributed by atoms with Gasteiger partial charge in [0.15, 0.2) is 0 Å². The van der Waals surface area contributed by atoms with Gasteiger partial charge in [-0.2, -0.15) is 5.10 Å². The Bertz CT molecular complexity index is 299. The van der Waals surface area contributed by atoms with E-state index in [1.165, 1.54) is 31.2 Å². The van der Waals surface area contributed by atoms with Crippen molar-refractivity contribution < 1.29 is 9.69 Å². The summed E-state index contributed by atoms with van der Waals surface area (Å²) in [5.74, 6) is 0.250. The zero-order valence-electron chi connectivity index (χ0n) is 8.63. The van der Waals surface area contributed by atoms with Gasteiger partial charge >= 0.3 is 7.48 Å². The molecular weight excluding hydrogens is 191 g/mol. The van der Waals surface area contributed by atoms with Crippen LogP contribution in [0.3, 0.4) is 0 Å². The third-order valence-corrected chi connectivity index (χ3v) is 3.28. The van der Waals surface area contributed by atoms with Crippen LogP contribution in [-0.4, -0.2) is 23.9 Å². The van der Waals surface area contributed by atoms with Crippen molar-refractivity contribution >= 4 is 7.48 Å². The zero-order chi connectivity index (χ0) is 10.1. The van der Waals surface area contributed by atoms with Crippen molar-refractivity contribution in [3.8, 4) is 0 Å². The average molecular weight is 205 g/mol. The second-order valence-corrected chi connectivity index (χ2v) is 4.32. The molecule has 1 aromatic rings. The smallest absolute Gasteiger partial charge is 0.310 e. The minimum atomic E-state index is 0.250. The number of aromatic nitrogens is 2. The van der Waals surface area contributed by atoms with E-state index in [9.17, 15) is 0 Å². The number of rotatable bonds is 2. The third-order valence-electron chi connectivity index (χ3n) is 3.28. The Morgan fingerprint density at radius 2 is 2.27 bits per heavy atom. The molecule has 1 unspecified atom stereocenters. The van der Waals surface area contributed by atoms with Crippen LogP contribution in [0.1, 0.15) is 43.1 Å². The highest BCUT2D eigenvalue weighted by Gasteiger charge is 2.25. The van der Waals surface area contributed by atoms with Gasteiger partial charge in [-0.25, -0.2) is 0 Å². The van der Waals surface area contributed by atoms with Crippen molar-refractivity contribution in [2.75, 3.05) is 6.61 Å². The Labute approximate surface area is 89.8 Å². The van der Waals surface area contributed by atoms with E-state index >= 15 is 0 Å². The first kappa shape index (κ1) is 9.42. The third kappa shape index (κ3) is 1.81. The molecule has 2 aliphatic rings. The van der Waals surface area contributed by atoms with Gasteiger partial charge in [0.25, 0.3) is 0 Å². The molecule has 1 aromatic heterocycles. The van der Waals surface area contributed by atoms with E-state index in [1.807, 2.05) is 6.20 Å². The van der Waals surface area contributed by atoms with Gasteiger partial charge in [0.2, 0.25) is 0 Å². The van der Waals surface area contributed by atoms with Crippen molar-refractivity contribution in [3.63, 3.8) is 0 Å². The Balaban J connectivity index is 1.74. The van der Waals surface area contributed by atoms with Crippen molar-refractivity contribution in [2.45, 2.75) is 37.5 Å². The predicted molar refractivity (Wildman–Crippen MR) is 55.3 cm³/mol. The maximum Gasteiger partial charge on any atom is 0.354 e. The highest BCUT2D eigenvalue weighted by Crippen LogP contribution is 2.30. The van der Waals surface area contributed by atoms with Gasteiger partial charge in [0.1, 0.15) is 0 Å². The van der Waals surface area contributed by atoms with E-state index in [0.29, 0.717) is 12.6 Å². The normalized spacial score (nSPS) is 27.1. The van der Waals surface area contributed by atoms with E-state index in [2.05, 4.69) is 16.0 Å². The average Bonchev–Trinajstić information content (AvgIpc) is 3.02. The SMILES string of the molecule is [B]1OOCC1c1cnn(C2CCCC2)c1. The van der Waals surface area contributed by atoms with E-state index in [0.717, 1.165) is 0 Å². The maximum absolute atomic E-state index is 4.85. The molecular formula is C10H14BN2O2. The van der Waals surface area contributed by atoms with Gasteiger partial charge in [0.05, 0.1) is 18.8 Å². The van der Waals surface area contributed by atoms with Crippen molar-refractivity contribution in [3.05, 3.63) is 18.0 Å². The first-order valence-electron chi connectivity index (χ1n) is 5.59. The molecule has 1 radical (unpaired) electrons. The molecule has 0 amide bonds. The molecule has 3 rings (SSSR count). The van der Waals surface area contributed by atoms with Gasteiger partial charge in [0, 0.05) is 12.0 Å². The highest BCUT2D eigenvalue weighted by molar-refractivity contribution is 6.30. The largest absolute Gasteiger partial charge is 0.354 e. The van der Waals surface area contributed by atoms with Crippen LogP contribution in [0.4, 0.5) is 0 Å². The molecule has 15 heavy (non-hydrogen) atoms. The summed E-state index contributed by atoms with van der Waals surface area (Å²) in [4.78, 5) is 9.64. The molecule has 79 valence electrons. The molecule has 5 heteroatoms. The van der Waals surface area contributed by atoms with Crippen LogP contribution in [0, 0.1) is 0 Å². The molecule has 2 fully saturated rings. The zero-order valence-corrected chi connectivity index (χ0v) is 8.63. The molecule has 0 spiro atoms. The standard InChI is InChI=1S/C10H14BN2O2/c1-2-4-9(3-1)13-6-8(5-12-13)10-7-14-15-11-10/h5-6,9-10H,1-4,7H2. The minimum Gasteiger partial charge on any atom is -0.310 e. The van der Waals surface area contributed by atoms with Crippen molar-refractivity contribution in [2.24, 2.45) is 0 Å². The minimum absolute atomic E-state index is 0.250. The lowest BCUT2D eigenvalue weighted by molar-refractivity contribution is -0.183. The number of hydrogen-bond acceptors (Lipinski definition) is 3. The second kappa shape index (κ2) is 3.98. The summed E-state index contributed by atoms with van der Waals surface area (Å²) < 4.78 is 2.11. The first-order chi connectivity index (χ1) is 7.43. The molecule has 0 aromatic carbocycles. The summed E-state index contributed by atoms with van der Waals surface area (Å²) >= 11 is 0. The lowest BCUT2D eigenvalue weighted by atomic mass is 9.78. The van der Waals surface area contributed by atoms with Crippen LogP contribution in [0.5, 0.6) is 0 Å². The van der Waals surface area contributed by atoms with Gasteiger partial charge in [-0.05, 0) is 18.4 Å². The Morgan fingerprint density at radius 3 is 3.00 bits per heavy atom. The fourth-order valence-electron chi connectivity index (χ4n) is 2.35. The molecule has 1 aliphatic heterocycles. The lowest BCUT2D eigenvalue weighted by Crippen LogP contribution is -2.06. The van der Waals surface area contributed by atoms with Gasteiger partial charge in [-0.15, -0.1) is 0 Å². The molecule has 1 atom stereocenters. The summed E-state index contributed by atoms with van der Waals surface area (Å²) in [6.07, 6.45) is 9.26. The van der Waals surface area contributed by atoms with Crippen LogP contribution in [-0.2, 0) is 9.69 Å². The van der Waals surface area contributed by atoms with E-state index in [1.54, 1.807) is 7.48 Å². The molecule has 4 nitrogen and oxygen atoms in total. The summed E-state index contributed by atoms with van der Waals surface area (Å²) in [5.41, 5.74) is 1.19. The van der Waals surface area contributed by atoms with E-state index < -0.39 is 0 Å². The van der Waals surface area contributed by atoms with Crippen molar-refractivity contribution in [1.29, 1.82) is 0 Å². The molecule has 1 aliphatic carbocycles. The number of nitrogens with zero attached hydrogens (tertiary/aromatic N) is 2. The highest BCUT2D eigenvalue weighted by atomic mass is 17.2. The Kier molecular flexibility index (Phi) is 2.50. The summed E-state index contributed by atoms with van der Waals surface area (Å²) in [5, 5.41) is 4.43.